The van der Waals surface area contributed by atoms with Crippen LogP contribution >= 0.6 is 11.3 Å². The van der Waals surface area contributed by atoms with E-state index in [0.717, 1.165) is 11.5 Å². The molecule has 0 unspecified atom stereocenters. The number of hydrogen-bond acceptors (Lipinski definition) is 5. The zero-order chi connectivity index (χ0) is 17.8. The highest BCUT2D eigenvalue weighted by Crippen LogP contribution is 2.26. The fourth-order valence-electron chi connectivity index (χ4n) is 2.88. The summed E-state index contributed by atoms with van der Waals surface area (Å²) in [6.45, 7) is 2.67. The Balaban J connectivity index is 1.58. The van der Waals surface area contributed by atoms with Crippen molar-refractivity contribution in [2.45, 2.75) is 19.5 Å². The van der Waals surface area contributed by atoms with Crippen LogP contribution in [0.5, 0.6) is 0 Å². The number of tetrazole rings is 1. The Kier molecular flexibility index (Phi) is 4.86. The van der Waals surface area contributed by atoms with Gasteiger partial charge in [0.15, 0.2) is 5.82 Å². The van der Waals surface area contributed by atoms with Crippen molar-refractivity contribution < 1.29 is 0 Å². The van der Waals surface area contributed by atoms with Crippen molar-refractivity contribution in [3.05, 3.63) is 93.9 Å². The summed E-state index contributed by atoms with van der Waals surface area (Å²) in [6, 6.07) is 22.9. The van der Waals surface area contributed by atoms with E-state index >= 15 is 0 Å². The van der Waals surface area contributed by atoms with Crippen LogP contribution in [-0.4, -0.2) is 20.2 Å². The van der Waals surface area contributed by atoms with Gasteiger partial charge in [-0.25, -0.2) is 0 Å². The van der Waals surface area contributed by atoms with Crippen LogP contribution in [0.1, 0.15) is 27.9 Å². The molecule has 0 saturated carbocycles. The predicted molar refractivity (Wildman–Crippen MR) is 103 cm³/mol. The largest absolute Gasteiger partial charge is 0.298 e. The Morgan fingerprint density at radius 3 is 2.54 bits per heavy atom. The number of benzene rings is 2. The van der Waals surface area contributed by atoms with E-state index in [-0.39, 0.29) is 6.04 Å². The molecular weight excluding hydrogens is 342 g/mol. The zero-order valence-electron chi connectivity index (χ0n) is 14.4. The summed E-state index contributed by atoms with van der Waals surface area (Å²) < 4.78 is 1.77. The van der Waals surface area contributed by atoms with Crippen LogP contribution < -0.4 is 5.32 Å². The van der Waals surface area contributed by atoms with E-state index in [9.17, 15) is 0 Å². The molecule has 2 aromatic carbocycles. The topological polar surface area (TPSA) is 55.6 Å². The zero-order valence-corrected chi connectivity index (χ0v) is 15.2. The minimum absolute atomic E-state index is 0.108. The number of thiophene rings is 1. The summed E-state index contributed by atoms with van der Waals surface area (Å²) in [4.78, 5) is 1.27. The van der Waals surface area contributed by atoms with E-state index in [1.807, 2.05) is 30.3 Å². The lowest BCUT2D eigenvalue weighted by molar-refractivity contribution is 0.582. The van der Waals surface area contributed by atoms with Gasteiger partial charge in [-0.2, -0.15) is 4.68 Å². The molecule has 0 radical (unpaired) electrons. The van der Waals surface area contributed by atoms with Gasteiger partial charge in [0, 0.05) is 4.88 Å². The number of para-hydroxylation sites is 1. The van der Waals surface area contributed by atoms with Crippen LogP contribution in [0.25, 0.3) is 5.69 Å². The third kappa shape index (κ3) is 3.56. The Morgan fingerprint density at radius 1 is 1.00 bits per heavy atom. The first-order valence-corrected chi connectivity index (χ1v) is 9.35. The normalized spacial score (nSPS) is 12.2. The second-order valence-corrected chi connectivity index (χ2v) is 7.06. The van der Waals surface area contributed by atoms with Crippen LogP contribution in [-0.2, 0) is 6.54 Å². The summed E-state index contributed by atoms with van der Waals surface area (Å²) in [5.41, 5.74) is 3.45. The molecule has 0 aliphatic heterocycles. The fraction of sp³-hybridized carbons (Fsp3) is 0.150. The Morgan fingerprint density at radius 2 is 1.81 bits per heavy atom. The first kappa shape index (κ1) is 16.6. The van der Waals surface area contributed by atoms with E-state index in [1.54, 1.807) is 16.0 Å². The van der Waals surface area contributed by atoms with E-state index < -0.39 is 0 Å². The highest BCUT2D eigenvalue weighted by Gasteiger charge is 2.17. The SMILES string of the molecule is Cc1ccc([C@H](NCc2nnnn2-c2ccccc2)c2cccs2)cc1. The highest BCUT2D eigenvalue weighted by molar-refractivity contribution is 7.10. The predicted octanol–water partition coefficient (Wildman–Crippen LogP) is 3.91. The van der Waals surface area contributed by atoms with Crippen molar-refractivity contribution in [1.29, 1.82) is 0 Å². The molecule has 4 rings (SSSR count). The molecule has 0 bridgehead atoms. The number of aromatic nitrogens is 4. The number of nitrogens with zero attached hydrogens (tertiary/aromatic N) is 4. The molecule has 0 aliphatic rings. The number of rotatable bonds is 6. The summed E-state index contributed by atoms with van der Waals surface area (Å²) in [7, 11) is 0. The smallest absolute Gasteiger partial charge is 0.170 e. The third-order valence-corrected chi connectivity index (χ3v) is 5.17. The maximum absolute atomic E-state index is 4.20. The van der Waals surface area contributed by atoms with Crippen LogP contribution in [0, 0.1) is 6.92 Å². The van der Waals surface area contributed by atoms with Gasteiger partial charge in [-0.3, -0.25) is 5.32 Å². The Hall–Kier alpha value is -2.83. The van der Waals surface area contributed by atoms with Crippen molar-refractivity contribution in [1.82, 2.24) is 25.5 Å². The molecule has 0 fully saturated rings. The van der Waals surface area contributed by atoms with E-state index in [1.165, 1.54) is 16.0 Å². The number of hydrogen-bond donors (Lipinski definition) is 1. The molecule has 0 spiro atoms. The maximum atomic E-state index is 4.20. The van der Waals surface area contributed by atoms with Crippen LogP contribution in [0.4, 0.5) is 0 Å². The standard InChI is InChI=1S/C20H19N5S/c1-15-9-11-16(12-10-15)20(18-8-5-13-26-18)21-14-19-22-23-24-25(19)17-6-3-2-4-7-17/h2-13,20-21H,14H2,1H3/t20-/m0/s1. The average Bonchev–Trinajstić information content (AvgIpc) is 3.36. The van der Waals surface area contributed by atoms with Crippen molar-refractivity contribution in [3.8, 4) is 5.69 Å². The quantitative estimate of drug-likeness (QED) is 0.566. The lowest BCUT2D eigenvalue weighted by Gasteiger charge is -2.18. The van der Waals surface area contributed by atoms with Crippen molar-refractivity contribution >= 4 is 11.3 Å². The number of aryl methyl sites for hydroxylation is 1. The number of nitrogens with one attached hydrogen (secondary N) is 1. The summed E-state index contributed by atoms with van der Waals surface area (Å²) >= 11 is 1.75. The van der Waals surface area contributed by atoms with Gasteiger partial charge < -0.3 is 0 Å². The molecule has 0 saturated heterocycles. The highest BCUT2D eigenvalue weighted by atomic mass is 32.1. The molecule has 2 heterocycles. The second-order valence-electron chi connectivity index (χ2n) is 6.08. The molecule has 0 amide bonds. The third-order valence-electron chi connectivity index (χ3n) is 4.24. The van der Waals surface area contributed by atoms with Gasteiger partial charge in [-0.1, -0.05) is 54.1 Å². The lowest BCUT2D eigenvalue weighted by Crippen LogP contribution is -2.23. The van der Waals surface area contributed by atoms with Gasteiger partial charge in [-0.15, -0.1) is 16.4 Å². The Labute approximate surface area is 156 Å². The van der Waals surface area contributed by atoms with Crippen LogP contribution in [0.3, 0.4) is 0 Å². The first-order valence-electron chi connectivity index (χ1n) is 8.47. The van der Waals surface area contributed by atoms with Gasteiger partial charge >= 0.3 is 0 Å². The molecule has 4 aromatic rings. The van der Waals surface area contributed by atoms with Gasteiger partial charge in [-0.05, 0) is 46.5 Å². The molecule has 0 aliphatic carbocycles. The molecule has 6 heteroatoms. The first-order chi connectivity index (χ1) is 12.8. The molecule has 26 heavy (non-hydrogen) atoms. The van der Waals surface area contributed by atoms with Gasteiger partial charge in [0.1, 0.15) is 0 Å². The van der Waals surface area contributed by atoms with E-state index in [2.05, 4.69) is 69.5 Å². The van der Waals surface area contributed by atoms with Gasteiger partial charge in [0.25, 0.3) is 0 Å². The van der Waals surface area contributed by atoms with Crippen molar-refractivity contribution in [2.24, 2.45) is 0 Å². The molecule has 2 aromatic heterocycles. The van der Waals surface area contributed by atoms with E-state index in [0.29, 0.717) is 6.54 Å². The lowest BCUT2D eigenvalue weighted by atomic mass is 10.0. The molecule has 5 nitrogen and oxygen atoms in total. The molecular formula is C20H19N5S. The van der Waals surface area contributed by atoms with Gasteiger partial charge in [0.05, 0.1) is 18.3 Å². The molecule has 1 N–H and O–H groups in total. The van der Waals surface area contributed by atoms with Crippen molar-refractivity contribution in [2.75, 3.05) is 0 Å². The maximum Gasteiger partial charge on any atom is 0.170 e. The second kappa shape index (κ2) is 7.59. The molecule has 1 atom stereocenters. The van der Waals surface area contributed by atoms with Gasteiger partial charge in [0.2, 0.25) is 0 Å². The fourth-order valence-corrected chi connectivity index (χ4v) is 3.70. The minimum atomic E-state index is 0.108. The molecule has 130 valence electrons. The average molecular weight is 361 g/mol. The summed E-state index contributed by atoms with van der Waals surface area (Å²) in [6.07, 6.45) is 0. The summed E-state index contributed by atoms with van der Waals surface area (Å²) in [5.74, 6) is 0.782. The monoisotopic (exact) mass is 361 g/mol. The van der Waals surface area contributed by atoms with Crippen LogP contribution in [0.15, 0.2) is 72.1 Å². The van der Waals surface area contributed by atoms with E-state index in [4.69, 9.17) is 0 Å². The van der Waals surface area contributed by atoms with Crippen molar-refractivity contribution in [3.63, 3.8) is 0 Å². The minimum Gasteiger partial charge on any atom is -0.298 e. The summed E-state index contributed by atoms with van der Waals surface area (Å²) in [5, 5.41) is 17.9. The Bertz CT molecular complexity index is 946. The van der Waals surface area contributed by atoms with Crippen LogP contribution in [0.2, 0.25) is 0 Å².